The molecular formula is C22H20ClN3O3S. The summed E-state index contributed by atoms with van der Waals surface area (Å²) in [6, 6.07) is 14.4. The second-order valence-corrected chi connectivity index (χ2v) is 9.79. The minimum atomic E-state index is -3.48. The minimum Gasteiger partial charge on any atom is -0.339 e. The third-order valence-corrected chi connectivity index (χ3v) is 6.94. The van der Waals surface area contributed by atoms with E-state index in [2.05, 4.69) is 15.3 Å². The Hall–Kier alpha value is -2.77. The van der Waals surface area contributed by atoms with Crippen LogP contribution >= 0.6 is 11.6 Å². The summed E-state index contributed by atoms with van der Waals surface area (Å²) < 4.78 is 25.6. The molecule has 8 heteroatoms. The van der Waals surface area contributed by atoms with Crippen LogP contribution in [0.3, 0.4) is 0 Å². The number of fused-ring (bicyclic) bond motifs is 1. The lowest BCUT2D eigenvalue weighted by molar-refractivity contribution is -0.116. The fraction of sp³-hybridized carbons (Fsp3) is 0.227. The number of hydrogen-bond donors (Lipinski definition) is 1. The van der Waals surface area contributed by atoms with Crippen molar-refractivity contribution in [3.63, 3.8) is 0 Å². The highest BCUT2D eigenvalue weighted by molar-refractivity contribution is 7.91. The van der Waals surface area contributed by atoms with E-state index in [1.807, 2.05) is 18.2 Å². The first-order valence-corrected chi connectivity index (χ1v) is 11.6. The zero-order valence-corrected chi connectivity index (χ0v) is 17.9. The summed E-state index contributed by atoms with van der Waals surface area (Å²) in [4.78, 5) is 20.6. The van der Waals surface area contributed by atoms with Crippen LogP contribution in [-0.4, -0.2) is 29.9 Å². The number of hydrogen-bond acceptors (Lipinski definition) is 6. The molecule has 0 amide bonds. The molecule has 2 heterocycles. The van der Waals surface area contributed by atoms with Gasteiger partial charge in [-0.1, -0.05) is 35.9 Å². The van der Waals surface area contributed by atoms with Crippen molar-refractivity contribution in [2.24, 2.45) is 0 Å². The lowest BCUT2D eigenvalue weighted by Gasteiger charge is -2.20. The molecule has 4 rings (SSSR count). The minimum absolute atomic E-state index is 0.0755. The van der Waals surface area contributed by atoms with E-state index >= 15 is 0 Å². The lowest BCUT2D eigenvalue weighted by atomic mass is 10.1. The largest absolute Gasteiger partial charge is 0.339 e. The Labute approximate surface area is 180 Å². The van der Waals surface area contributed by atoms with E-state index in [1.54, 1.807) is 37.3 Å². The topological polar surface area (TPSA) is 89.0 Å². The molecule has 30 heavy (non-hydrogen) atoms. The summed E-state index contributed by atoms with van der Waals surface area (Å²) in [6.45, 7) is 1.54. The molecule has 154 valence electrons. The highest BCUT2D eigenvalue weighted by Gasteiger charge is 2.30. The molecule has 1 N–H and O–H groups in total. The summed E-state index contributed by atoms with van der Waals surface area (Å²) in [5.74, 6) is 0.836. The van der Waals surface area contributed by atoms with Crippen LogP contribution in [0.5, 0.6) is 0 Å². The summed E-state index contributed by atoms with van der Waals surface area (Å²) in [5, 5.41) is 3.70. The number of carbonyl (C=O) groups is 1. The van der Waals surface area contributed by atoms with Crippen LogP contribution in [-0.2, 0) is 27.5 Å². The fourth-order valence-corrected chi connectivity index (χ4v) is 5.31. The van der Waals surface area contributed by atoms with E-state index in [1.165, 1.54) is 0 Å². The molecule has 1 aromatic heterocycles. The van der Waals surface area contributed by atoms with Gasteiger partial charge in [-0.25, -0.2) is 18.4 Å². The van der Waals surface area contributed by atoms with Gasteiger partial charge in [-0.05, 0) is 49.6 Å². The Morgan fingerprint density at radius 3 is 2.60 bits per heavy atom. The second kappa shape index (κ2) is 8.16. The summed E-state index contributed by atoms with van der Waals surface area (Å²) >= 11 is 6.11. The normalized spacial score (nSPS) is 14.7. The van der Waals surface area contributed by atoms with Crippen molar-refractivity contribution >= 4 is 38.7 Å². The van der Waals surface area contributed by atoms with Crippen molar-refractivity contribution in [2.75, 3.05) is 11.1 Å². The first kappa shape index (κ1) is 20.5. The van der Waals surface area contributed by atoms with Crippen molar-refractivity contribution in [3.8, 4) is 11.4 Å². The number of carbonyl (C=O) groups excluding carboxylic acids is 1. The number of nitrogens with zero attached hydrogens (tertiary/aromatic N) is 2. The van der Waals surface area contributed by atoms with Crippen LogP contribution in [0.15, 0.2) is 53.4 Å². The summed E-state index contributed by atoms with van der Waals surface area (Å²) in [5.41, 5.74) is 2.81. The van der Waals surface area contributed by atoms with Crippen molar-refractivity contribution in [1.29, 1.82) is 0 Å². The molecule has 0 atom stereocenters. The monoisotopic (exact) mass is 441 g/mol. The molecule has 0 bridgehead atoms. The van der Waals surface area contributed by atoms with Crippen LogP contribution in [0, 0.1) is 0 Å². The second-order valence-electron chi connectivity index (χ2n) is 7.31. The maximum atomic E-state index is 12.8. The summed E-state index contributed by atoms with van der Waals surface area (Å²) in [7, 11) is -3.48. The first-order valence-electron chi connectivity index (χ1n) is 9.57. The van der Waals surface area contributed by atoms with Gasteiger partial charge in [0.15, 0.2) is 21.5 Å². The number of halogens is 1. The van der Waals surface area contributed by atoms with Gasteiger partial charge in [-0.2, -0.15) is 0 Å². The molecule has 3 aromatic rings. The Morgan fingerprint density at radius 1 is 1.13 bits per heavy atom. The van der Waals surface area contributed by atoms with Gasteiger partial charge in [0.2, 0.25) is 0 Å². The highest BCUT2D eigenvalue weighted by atomic mass is 35.5. The Balaban J connectivity index is 1.79. The molecule has 0 unspecified atom stereocenters. The molecule has 2 aromatic carbocycles. The fourth-order valence-electron chi connectivity index (χ4n) is 3.50. The van der Waals surface area contributed by atoms with E-state index in [-0.39, 0.29) is 22.2 Å². The van der Waals surface area contributed by atoms with E-state index in [0.29, 0.717) is 47.1 Å². The number of rotatable bonds is 5. The number of nitrogens with one attached hydrogen (secondary N) is 1. The maximum absolute atomic E-state index is 12.8. The number of sulfone groups is 1. The van der Waals surface area contributed by atoms with Crippen LogP contribution < -0.4 is 5.32 Å². The van der Waals surface area contributed by atoms with E-state index < -0.39 is 9.84 Å². The number of aromatic nitrogens is 2. The van der Waals surface area contributed by atoms with Gasteiger partial charge in [0.1, 0.15) is 10.7 Å². The molecule has 6 nitrogen and oxygen atoms in total. The third kappa shape index (κ3) is 4.37. The molecule has 0 radical (unpaired) electrons. The average molecular weight is 442 g/mol. The Bertz CT molecular complexity index is 1220. The van der Waals surface area contributed by atoms with Crippen LogP contribution in [0.25, 0.3) is 11.4 Å². The quantitative estimate of drug-likeness (QED) is 0.631. The number of aryl methyl sites for hydroxylation is 1. The first-order chi connectivity index (χ1) is 14.3. The zero-order chi connectivity index (χ0) is 21.3. The van der Waals surface area contributed by atoms with Gasteiger partial charge >= 0.3 is 0 Å². The van der Waals surface area contributed by atoms with Gasteiger partial charge in [0, 0.05) is 22.7 Å². The average Bonchev–Trinajstić information content (AvgIpc) is 2.68. The predicted molar refractivity (Wildman–Crippen MR) is 117 cm³/mol. The van der Waals surface area contributed by atoms with Crippen LogP contribution in [0.2, 0.25) is 5.02 Å². The standard InChI is InChI=1S/C22H20ClN3O3S/c1-14(27)12-15-7-9-18(10-8-15)24-22-20-19(6-3-11-30(20,28)29)25-21(26-22)16-4-2-5-17(23)13-16/h2,4-5,7-10,13H,3,6,11-12H2,1H3,(H,24,25,26). The van der Waals surface area contributed by atoms with Gasteiger partial charge < -0.3 is 5.32 Å². The molecule has 1 aliphatic heterocycles. The third-order valence-electron chi connectivity index (χ3n) is 4.83. The zero-order valence-electron chi connectivity index (χ0n) is 16.4. The highest BCUT2D eigenvalue weighted by Crippen LogP contribution is 2.33. The van der Waals surface area contributed by atoms with E-state index in [0.717, 1.165) is 5.56 Å². The predicted octanol–water partition coefficient (Wildman–Crippen LogP) is 4.39. The van der Waals surface area contributed by atoms with Gasteiger partial charge in [-0.15, -0.1) is 0 Å². The molecule has 0 saturated carbocycles. The molecular weight excluding hydrogens is 422 g/mol. The maximum Gasteiger partial charge on any atom is 0.183 e. The van der Waals surface area contributed by atoms with Crippen LogP contribution in [0.4, 0.5) is 11.5 Å². The number of benzene rings is 2. The molecule has 0 spiro atoms. The molecule has 0 fully saturated rings. The SMILES string of the molecule is CC(=O)Cc1ccc(Nc2nc(-c3cccc(Cl)c3)nc3c2S(=O)(=O)CCC3)cc1. The number of anilines is 2. The van der Waals surface area contributed by atoms with Crippen molar-refractivity contribution < 1.29 is 13.2 Å². The van der Waals surface area contributed by atoms with Gasteiger partial charge in [0.05, 0.1) is 11.4 Å². The smallest absolute Gasteiger partial charge is 0.183 e. The molecule has 0 saturated heterocycles. The molecule has 1 aliphatic rings. The Morgan fingerprint density at radius 2 is 1.90 bits per heavy atom. The van der Waals surface area contributed by atoms with Gasteiger partial charge in [-0.3, -0.25) is 4.79 Å². The molecule has 0 aliphatic carbocycles. The van der Waals surface area contributed by atoms with Crippen LogP contribution in [0.1, 0.15) is 24.6 Å². The van der Waals surface area contributed by atoms with E-state index in [9.17, 15) is 13.2 Å². The lowest BCUT2D eigenvalue weighted by Crippen LogP contribution is -2.20. The number of Topliss-reactive ketones (excluding diaryl/α,β-unsaturated/α-hetero) is 1. The van der Waals surface area contributed by atoms with E-state index in [4.69, 9.17) is 11.6 Å². The van der Waals surface area contributed by atoms with Crippen molar-refractivity contribution in [1.82, 2.24) is 9.97 Å². The number of ketones is 1. The Kier molecular flexibility index (Phi) is 5.58. The van der Waals surface area contributed by atoms with Crippen molar-refractivity contribution in [3.05, 3.63) is 64.8 Å². The summed E-state index contributed by atoms with van der Waals surface area (Å²) in [6.07, 6.45) is 1.45. The van der Waals surface area contributed by atoms with Crippen molar-refractivity contribution in [2.45, 2.75) is 31.1 Å². The van der Waals surface area contributed by atoms with Gasteiger partial charge in [0.25, 0.3) is 0 Å².